The number of hydrogen-bond donors (Lipinski definition) is 3. The van der Waals surface area contributed by atoms with E-state index in [1.807, 2.05) is 0 Å². The third-order valence-electron chi connectivity index (χ3n) is 5.26. The number of carboxylic acid groups (broad SMARTS) is 1. The molecule has 21 heavy (non-hydrogen) atoms. The molecule has 0 aromatic heterocycles. The normalized spacial score (nSPS) is 32.2. The molecule has 0 spiro atoms. The van der Waals surface area contributed by atoms with Crippen LogP contribution < -0.4 is 10.6 Å². The van der Waals surface area contributed by atoms with E-state index >= 15 is 0 Å². The van der Waals surface area contributed by atoms with Gasteiger partial charge in [-0.05, 0) is 51.4 Å². The van der Waals surface area contributed by atoms with Crippen LogP contribution >= 0.6 is 0 Å². The fourth-order valence-corrected chi connectivity index (χ4v) is 3.63. The summed E-state index contributed by atoms with van der Waals surface area (Å²) in [7, 11) is 0. The summed E-state index contributed by atoms with van der Waals surface area (Å²) in [6.45, 7) is 4.19. The van der Waals surface area contributed by atoms with Crippen molar-refractivity contribution < 1.29 is 14.7 Å². The molecule has 0 atom stereocenters. The highest BCUT2D eigenvalue weighted by atomic mass is 16.4. The molecule has 5 nitrogen and oxygen atoms in total. The second kappa shape index (κ2) is 6.24. The SMILES string of the molecule is CC1CCC(NC(=O)NC2(C)CCCCC2)(C(=O)O)CC1. The summed E-state index contributed by atoms with van der Waals surface area (Å²) in [4.78, 5) is 23.9. The number of aliphatic carboxylic acids is 1. The summed E-state index contributed by atoms with van der Waals surface area (Å²) < 4.78 is 0. The molecule has 0 radical (unpaired) electrons. The van der Waals surface area contributed by atoms with Crippen molar-refractivity contribution in [2.45, 2.75) is 82.7 Å². The van der Waals surface area contributed by atoms with Gasteiger partial charge in [0.2, 0.25) is 0 Å². The Bertz CT molecular complexity index is 394. The predicted molar refractivity (Wildman–Crippen MR) is 81.2 cm³/mol. The van der Waals surface area contributed by atoms with Gasteiger partial charge in [-0.2, -0.15) is 0 Å². The Labute approximate surface area is 126 Å². The van der Waals surface area contributed by atoms with Crippen LogP contribution in [0.2, 0.25) is 0 Å². The molecule has 2 saturated carbocycles. The molecular formula is C16H28N2O3. The highest BCUT2D eigenvalue weighted by Gasteiger charge is 2.43. The van der Waals surface area contributed by atoms with Gasteiger partial charge in [0.05, 0.1) is 0 Å². The number of carbonyl (C=O) groups excluding carboxylic acids is 1. The van der Waals surface area contributed by atoms with E-state index in [2.05, 4.69) is 24.5 Å². The molecular weight excluding hydrogens is 268 g/mol. The van der Waals surface area contributed by atoms with E-state index in [-0.39, 0.29) is 11.6 Å². The van der Waals surface area contributed by atoms with Gasteiger partial charge in [-0.25, -0.2) is 9.59 Å². The summed E-state index contributed by atoms with van der Waals surface area (Å²) in [5.74, 6) is -0.364. The fourth-order valence-electron chi connectivity index (χ4n) is 3.63. The summed E-state index contributed by atoms with van der Waals surface area (Å²) in [5.41, 5.74) is -1.27. The van der Waals surface area contributed by atoms with Crippen LogP contribution in [0.3, 0.4) is 0 Å². The third kappa shape index (κ3) is 3.89. The van der Waals surface area contributed by atoms with E-state index in [0.29, 0.717) is 18.8 Å². The maximum absolute atomic E-state index is 12.3. The quantitative estimate of drug-likeness (QED) is 0.749. The van der Waals surface area contributed by atoms with Crippen LogP contribution in [0.5, 0.6) is 0 Å². The largest absolute Gasteiger partial charge is 0.480 e. The van der Waals surface area contributed by atoms with Crippen LogP contribution in [0.4, 0.5) is 4.79 Å². The number of urea groups is 1. The van der Waals surface area contributed by atoms with Gasteiger partial charge >= 0.3 is 12.0 Å². The molecule has 0 saturated heterocycles. The van der Waals surface area contributed by atoms with Crippen molar-refractivity contribution in [3.05, 3.63) is 0 Å². The van der Waals surface area contributed by atoms with Gasteiger partial charge in [-0.3, -0.25) is 0 Å². The van der Waals surface area contributed by atoms with Crippen LogP contribution in [-0.2, 0) is 4.79 Å². The Hall–Kier alpha value is -1.26. The van der Waals surface area contributed by atoms with Crippen LogP contribution in [0, 0.1) is 5.92 Å². The van der Waals surface area contributed by atoms with Crippen LogP contribution in [-0.4, -0.2) is 28.2 Å². The van der Waals surface area contributed by atoms with E-state index < -0.39 is 11.5 Å². The van der Waals surface area contributed by atoms with E-state index in [4.69, 9.17) is 0 Å². The molecule has 0 heterocycles. The number of rotatable bonds is 3. The topological polar surface area (TPSA) is 78.4 Å². The molecule has 0 bridgehead atoms. The van der Waals surface area contributed by atoms with Crippen molar-refractivity contribution in [1.29, 1.82) is 0 Å². The molecule has 3 N–H and O–H groups in total. The van der Waals surface area contributed by atoms with E-state index in [1.54, 1.807) is 0 Å². The van der Waals surface area contributed by atoms with Crippen LogP contribution in [0.25, 0.3) is 0 Å². The molecule has 0 aliphatic heterocycles. The summed E-state index contributed by atoms with van der Waals surface area (Å²) in [5, 5.41) is 15.3. The zero-order valence-corrected chi connectivity index (χ0v) is 13.2. The zero-order valence-electron chi connectivity index (χ0n) is 13.2. The average Bonchev–Trinajstić information content (AvgIpc) is 2.41. The number of amides is 2. The minimum Gasteiger partial charge on any atom is -0.480 e. The Morgan fingerprint density at radius 2 is 1.57 bits per heavy atom. The summed E-state index contributed by atoms with van der Waals surface area (Å²) in [6.07, 6.45) is 8.15. The molecule has 2 aliphatic rings. The van der Waals surface area contributed by atoms with Gasteiger partial charge in [-0.15, -0.1) is 0 Å². The Morgan fingerprint density at radius 1 is 1.00 bits per heavy atom. The van der Waals surface area contributed by atoms with Gasteiger partial charge in [-0.1, -0.05) is 26.2 Å². The zero-order chi connectivity index (χ0) is 15.5. The Kier molecular flexibility index (Phi) is 4.79. The molecule has 0 unspecified atom stereocenters. The molecule has 2 aliphatic carbocycles. The lowest BCUT2D eigenvalue weighted by molar-refractivity contribution is -0.146. The minimum absolute atomic E-state index is 0.190. The van der Waals surface area contributed by atoms with E-state index in [1.165, 1.54) is 6.42 Å². The van der Waals surface area contributed by atoms with Gasteiger partial charge in [0, 0.05) is 5.54 Å². The number of hydrogen-bond acceptors (Lipinski definition) is 2. The van der Waals surface area contributed by atoms with E-state index in [0.717, 1.165) is 38.5 Å². The first-order valence-corrected chi connectivity index (χ1v) is 8.19. The lowest BCUT2D eigenvalue weighted by Crippen LogP contribution is -2.61. The summed E-state index contributed by atoms with van der Waals surface area (Å²) in [6, 6.07) is -0.323. The van der Waals surface area contributed by atoms with Crippen LogP contribution in [0.15, 0.2) is 0 Å². The number of carboxylic acids is 1. The predicted octanol–water partition coefficient (Wildman–Crippen LogP) is 3.04. The molecule has 2 rings (SSSR count). The lowest BCUT2D eigenvalue weighted by Gasteiger charge is -2.39. The van der Waals surface area contributed by atoms with Gasteiger partial charge < -0.3 is 15.7 Å². The first kappa shape index (κ1) is 16.1. The first-order chi connectivity index (χ1) is 9.85. The van der Waals surface area contributed by atoms with Crippen molar-refractivity contribution in [2.75, 3.05) is 0 Å². The molecule has 0 aromatic carbocycles. The lowest BCUT2D eigenvalue weighted by atomic mass is 9.77. The van der Waals surface area contributed by atoms with Crippen molar-refractivity contribution >= 4 is 12.0 Å². The van der Waals surface area contributed by atoms with Crippen LogP contribution in [0.1, 0.15) is 71.6 Å². The Balaban J connectivity index is 1.97. The highest BCUT2D eigenvalue weighted by molar-refractivity contribution is 5.86. The highest BCUT2D eigenvalue weighted by Crippen LogP contribution is 2.32. The fraction of sp³-hybridized carbons (Fsp3) is 0.875. The van der Waals surface area contributed by atoms with Crippen molar-refractivity contribution in [2.24, 2.45) is 5.92 Å². The Morgan fingerprint density at radius 3 is 2.10 bits per heavy atom. The van der Waals surface area contributed by atoms with E-state index in [9.17, 15) is 14.7 Å². The molecule has 120 valence electrons. The van der Waals surface area contributed by atoms with Crippen molar-refractivity contribution in [3.8, 4) is 0 Å². The smallest absolute Gasteiger partial charge is 0.329 e. The van der Waals surface area contributed by atoms with Gasteiger partial charge in [0.25, 0.3) is 0 Å². The second-order valence-corrected chi connectivity index (χ2v) is 7.27. The average molecular weight is 296 g/mol. The van der Waals surface area contributed by atoms with Gasteiger partial charge in [0.15, 0.2) is 0 Å². The minimum atomic E-state index is -1.08. The maximum atomic E-state index is 12.3. The monoisotopic (exact) mass is 296 g/mol. The first-order valence-electron chi connectivity index (χ1n) is 8.19. The van der Waals surface area contributed by atoms with Gasteiger partial charge in [0.1, 0.15) is 5.54 Å². The molecule has 2 fully saturated rings. The maximum Gasteiger partial charge on any atom is 0.329 e. The van der Waals surface area contributed by atoms with Crippen molar-refractivity contribution in [3.63, 3.8) is 0 Å². The number of carbonyl (C=O) groups is 2. The van der Waals surface area contributed by atoms with Crippen molar-refractivity contribution in [1.82, 2.24) is 10.6 Å². The summed E-state index contributed by atoms with van der Waals surface area (Å²) >= 11 is 0. The second-order valence-electron chi connectivity index (χ2n) is 7.27. The molecule has 2 amide bonds. The molecule has 5 heteroatoms. The standard InChI is InChI=1S/C16H28N2O3/c1-12-6-10-16(11-7-12,13(19)20)18-14(21)17-15(2)8-4-3-5-9-15/h12H,3-11H2,1-2H3,(H,19,20)(H2,17,18,21). The number of nitrogens with one attached hydrogen (secondary N) is 2. The third-order valence-corrected chi connectivity index (χ3v) is 5.26. The molecule has 0 aromatic rings.